The van der Waals surface area contributed by atoms with E-state index in [9.17, 15) is 19.8 Å². The second-order valence-corrected chi connectivity index (χ2v) is 7.23. The SMILES string of the molecule is CC(=O)Nc1c(I)c(CN=C(C)[O-])c(I)c(C(=O)O)c1I.[Na+]. The molecular formula is C12H10I3N2NaO4. The summed E-state index contributed by atoms with van der Waals surface area (Å²) in [6, 6.07) is 0. The predicted molar refractivity (Wildman–Crippen MR) is 103 cm³/mol. The van der Waals surface area contributed by atoms with Gasteiger partial charge in [0.2, 0.25) is 5.91 Å². The summed E-state index contributed by atoms with van der Waals surface area (Å²) in [5, 5.41) is 23.0. The Morgan fingerprint density at radius 2 is 1.73 bits per heavy atom. The minimum absolute atomic E-state index is 0. The van der Waals surface area contributed by atoms with Crippen LogP contribution in [0.1, 0.15) is 29.8 Å². The van der Waals surface area contributed by atoms with E-state index >= 15 is 0 Å². The molecule has 0 aliphatic heterocycles. The maximum Gasteiger partial charge on any atom is 1.00 e. The molecule has 1 amide bonds. The number of carbonyl (C=O) groups excluding carboxylic acids is 1. The number of carbonyl (C=O) groups is 2. The average Bonchev–Trinajstić information content (AvgIpc) is 2.33. The van der Waals surface area contributed by atoms with Gasteiger partial charge in [-0.1, -0.05) is 0 Å². The molecule has 0 aliphatic carbocycles. The third-order valence-corrected chi connectivity index (χ3v) is 5.84. The van der Waals surface area contributed by atoms with Gasteiger partial charge >= 0.3 is 35.5 Å². The zero-order valence-corrected chi connectivity index (χ0v) is 20.4. The van der Waals surface area contributed by atoms with Crippen LogP contribution in [-0.4, -0.2) is 22.9 Å². The number of benzene rings is 1. The Hall–Kier alpha value is 0.820. The monoisotopic (exact) mass is 650 g/mol. The third-order valence-electron chi connectivity index (χ3n) is 2.38. The summed E-state index contributed by atoms with van der Waals surface area (Å²) in [7, 11) is 0. The largest absolute Gasteiger partial charge is 1.00 e. The zero-order valence-electron chi connectivity index (χ0n) is 12.0. The first-order valence-electron chi connectivity index (χ1n) is 5.55. The van der Waals surface area contributed by atoms with Crippen molar-refractivity contribution in [2.75, 3.05) is 5.32 Å². The minimum Gasteiger partial charge on any atom is -0.862 e. The van der Waals surface area contributed by atoms with Crippen LogP contribution in [0.4, 0.5) is 5.69 Å². The normalized spacial score (nSPS) is 10.9. The van der Waals surface area contributed by atoms with Crippen molar-refractivity contribution in [3.05, 3.63) is 21.8 Å². The maximum absolute atomic E-state index is 11.5. The molecule has 0 unspecified atom stereocenters. The number of aliphatic imine (C=N–C) groups is 1. The topological polar surface area (TPSA) is 102 Å². The Labute approximate surface area is 190 Å². The quantitative estimate of drug-likeness (QED) is 0.198. The Bertz CT molecular complexity index is 646. The van der Waals surface area contributed by atoms with Gasteiger partial charge in [0, 0.05) is 19.6 Å². The molecule has 6 nitrogen and oxygen atoms in total. The van der Waals surface area contributed by atoms with Crippen molar-refractivity contribution in [2.45, 2.75) is 20.4 Å². The van der Waals surface area contributed by atoms with E-state index in [1.165, 1.54) is 13.8 Å². The molecule has 0 saturated heterocycles. The van der Waals surface area contributed by atoms with E-state index < -0.39 is 5.97 Å². The van der Waals surface area contributed by atoms with Gasteiger partial charge in [0.05, 0.1) is 21.4 Å². The van der Waals surface area contributed by atoms with Crippen molar-refractivity contribution in [3.63, 3.8) is 0 Å². The van der Waals surface area contributed by atoms with Crippen LogP contribution < -0.4 is 40.0 Å². The van der Waals surface area contributed by atoms with Gasteiger partial charge in [0.25, 0.3) is 0 Å². The van der Waals surface area contributed by atoms with Crippen LogP contribution in [0.3, 0.4) is 0 Å². The fourth-order valence-electron chi connectivity index (χ4n) is 1.52. The van der Waals surface area contributed by atoms with Gasteiger partial charge in [0.1, 0.15) is 0 Å². The number of rotatable bonds is 4. The summed E-state index contributed by atoms with van der Waals surface area (Å²) >= 11 is 5.85. The Morgan fingerprint density at radius 1 is 1.18 bits per heavy atom. The zero-order chi connectivity index (χ0) is 16.3. The standard InChI is InChI=1S/C12H11I3N2O4.Na/c1-4(18)16-3-6-8(13)7(12(20)21)10(15)11(9(6)14)17-5(2)19;/h3H2,1-2H3,(H,16,18)(H,17,19)(H,20,21);/q;+1/p-1. The van der Waals surface area contributed by atoms with Gasteiger partial charge < -0.3 is 20.5 Å². The second kappa shape index (κ2) is 9.96. The first kappa shape index (κ1) is 22.8. The van der Waals surface area contributed by atoms with Gasteiger partial charge in [-0.2, -0.15) is 0 Å². The first-order chi connectivity index (χ1) is 9.66. The van der Waals surface area contributed by atoms with Crippen LogP contribution in [0.15, 0.2) is 4.99 Å². The van der Waals surface area contributed by atoms with Crippen LogP contribution in [0.25, 0.3) is 0 Å². The molecule has 0 aromatic heterocycles. The molecule has 22 heavy (non-hydrogen) atoms. The number of carboxylic acid groups (broad SMARTS) is 1. The van der Waals surface area contributed by atoms with Gasteiger partial charge in [0.15, 0.2) is 0 Å². The van der Waals surface area contributed by atoms with Crippen molar-refractivity contribution in [3.8, 4) is 0 Å². The van der Waals surface area contributed by atoms with Crippen LogP contribution in [0.2, 0.25) is 0 Å². The van der Waals surface area contributed by atoms with E-state index in [1.807, 2.05) is 67.8 Å². The third kappa shape index (κ3) is 5.72. The van der Waals surface area contributed by atoms with Gasteiger partial charge in [-0.15, -0.1) is 0 Å². The molecule has 1 rings (SSSR count). The molecule has 1 aromatic rings. The fraction of sp³-hybridized carbons (Fsp3) is 0.250. The molecule has 0 heterocycles. The first-order valence-corrected chi connectivity index (χ1v) is 8.78. The molecule has 2 N–H and O–H groups in total. The number of carboxylic acids is 1. The molecule has 0 aliphatic rings. The Kier molecular flexibility index (Phi) is 10.3. The number of amides is 1. The average molecular weight is 650 g/mol. The van der Waals surface area contributed by atoms with Crippen molar-refractivity contribution in [1.82, 2.24) is 0 Å². The smallest absolute Gasteiger partial charge is 0.862 e. The Balaban J connectivity index is 0.00000441. The molecule has 0 atom stereocenters. The van der Waals surface area contributed by atoms with Crippen LogP contribution in [-0.2, 0) is 11.3 Å². The van der Waals surface area contributed by atoms with E-state index in [0.717, 1.165) is 0 Å². The summed E-state index contributed by atoms with van der Waals surface area (Å²) in [6.45, 7) is 2.76. The van der Waals surface area contributed by atoms with Gasteiger partial charge in [-0.05, 0) is 80.6 Å². The van der Waals surface area contributed by atoms with E-state index in [2.05, 4.69) is 10.3 Å². The number of hydrogen-bond acceptors (Lipinski definition) is 4. The van der Waals surface area contributed by atoms with E-state index in [0.29, 0.717) is 22.0 Å². The number of nitrogens with one attached hydrogen (secondary N) is 1. The molecule has 0 fully saturated rings. The summed E-state index contributed by atoms with van der Waals surface area (Å²) in [5.74, 6) is -1.72. The molecule has 1 aromatic carbocycles. The maximum atomic E-state index is 11.5. The molecule has 10 heteroatoms. The number of anilines is 1. The van der Waals surface area contributed by atoms with E-state index in [-0.39, 0.29) is 53.5 Å². The van der Waals surface area contributed by atoms with E-state index in [1.54, 1.807) is 0 Å². The summed E-state index contributed by atoms with van der Waals surface area (Å²) in [4.78, 5) is 26.6. The summed E-state index contributed by atoms with van der Waals surface area (Å²) < 4.78 is 1.66. The fourth-order valence-corrected chi connectivity index (χ4v) is 5.76. The molecule has 114 valence electrons. The molecule has 0 saturated carbocycles. The molecule has 0 radical (unpaired) electrons. The second-order valence-electron chi connectivity index (χ2n) is 3.99. The number of hydrogen-bond donors (Lipinski definition) is 2. The minimum atomic E-state index is -1.09. The van der Waals surface area contributed by atoms with Crippen LogP contribution in [0.5, 0.6) is 0 Å². The molecule has 0 spiro atoms. The van der Waals surface area contributed by atoms with Gasteiger partial charge in [-0.25, -0.2) is 4.79 Å². The van der Waals surface area contributed by atoms with Crippen molar-refractivity contribution < 1.29 is 49.4 Å². The Morgan fingerprint density at radius 3 is 2.14 bits per heavy atom. The summed E-state index contributed by atoms with van der Waals surface area (Å²) in [6.07, 6.45) is 0. The van der Waals surface area contributed by atoms with E-state index in [4.69, 9.17) is 0 Å². The molecular weight excluding hydrogens is 640 g/mol. The molecule has 0 bridgehead atoms. The number of aromatic carboxylic acids is 1. The van der Waals surface area contributed by atoms with Crippen molar-refractivity contribution >= 4 is 91.2 Å². The predicted octanol–water partition coefficient (Wildman–Crippen LogP) is -0.560. The number of halogens is 3. The van der Waals surface area contributed by atoms with Gasteiger partial charge in [-0.3, -0.25) is 4.79 Å². The van der Waals surface area contributed by atoms with Crippen LogP contribution in [0, 0.1) is 10.7 Å². The van der Waals surface area contributed by atoms with Crippen molar-refractivity contribution in [2.24, 2.45) is 4.99 Å². The van der Waals surface area contributed by atoms with Crippen molar-refractivity contribution in [1.29, 1.82) is 0 Å². The van der Waals surface area contributed by atoms with Crippen LogP contribution >= 0.6 is 67.8 Å². The number of nitrogens with zero attached hydrogens (tertiary/aromatic N) is 1. The summed E-state index contributed by atoms with van der Waals surface area (Å²) in [5.41, 5.74) is 1.16.